The third-order valence-corrected chi connectivity index (χ3v) is 6.53. The second-order valence-corrected chi connectivity index (χ2v) is 9.21. The molecular formula is C25H36N8. The van der Waals surface area contributed by atoms with Crippen molar-refractivity contribution in [3.05, 3.63) is 29.3 Å². The summed E-state index contributed by atoms with van der Waals surface area (Å²) in [6.07, 6.45) is 6.01. The molecule has 2 aliphatic rings. The molecule has 1 saturated carbocycles. The average molecular weight is 449 g/mol. The topological polar surface area (TPSA) is 108 Å². The first-order valence-electron chi connectivity index (χ1n) is 11.9. The first kappa shape index (κ1) is 23.1. The lowest BCUT2D eigenvalue weighted by Gasteiger charge is -2.30. The van der Waals surface area contributed by atoms with Crippen LogP contribution in [0.25, 0.3) is 0 Å². The number of benzene rings is 1. The van der Waals surface area contributed by atoms with Crippen molar-refractivity contribution in [3.63, 3.8) is 0 Å². The molecule has 176 valence electrons. The summed E-state index contributed by atoms with van der Waals surface area (Å²) in [5, 5.41) is 6.77. The minimum atomic E-state index is 0.287. The number of hydrogen-bond acceptors (Lipinski definition) is 8. The van der Waals surface area contributed by atoms with E-state index in [9.17, 15) is 0 Å². The highest BCUT2D eigenvalue weighted by Gasteiger charge is 2.17. The minimum Gasteiger partial charge on any atom is -0.393 e. The van der Waals surface area contributed by atoms with Crippen LogP contribution < -0.4 is 22.1 Å². The fourth-order valence-electron chi connectivity index (χ4n) is 4.35. The molecule has 1 aromatic carbocycles. The Morgan fingerprint density at radius 1 is 1.06 bits per heavy atom. The van der Waals surface area contributed by atoms with E-state index in [0.717, 1.165) is 62.4 Å². The van der Waals surface area contributed by atoms with Crippen molar-refractivity contribution in [3.8, 4) is 11.8 Å². The van der Waals surface area contributed by atoms with Crippen molar-refractivity contribution in [1.29, 1.82) is 0 Å². The van der Waals surface area contributed by atoms with E-state index in [0.29, 0.717) is 23.5 Å². The fourth-order valence-corrected chi connectivity index (χ4v) is 4.35. The van der Waals surface area contributed by atoms with Gasteiger partial charge < -0.3 is 27.0 Å². The molecule has 1 aromatic heterocycles. The summed E-state index contributed by atoms with van der Waals surface area (Å²) in [5.74, 6) is 7.95. The number of likely N-dealkylation sites (N-methyl/N-ethyl adjacent to an activating group) is 1. The molecule has 8 nitrogen and oxygen atoms in total. The molecule has 1 saturated heterocycles. The number of piperazine rings is 1. The van der Waals surface area contributed by atoms with Gasteiger partial charge in [-0.2, -0.15) is 9.97 Å². The number of aryl methyl sites for hydroxylation is 1. The number of anilines is 5. The highest BCUT2D eigenvalue weighted by molar-refractivity contribution is 5.75. The Kier molecular flexibility index (Phi) is 7.53. The summed E-state index contributed by atoms with van der Waals surface area (Å²) in [6.45, 7) is 7.23. The van der Waals surface area contributed by atoms with E-state index in [2.05, 4.69) is 62.3 Å². The van der Waals surface area contributed by atoms with Gasteiger partial charge in [0.25, 0.3) is 0 Å². The van der Waals surface area contributed by atoms with E-state index in [1.807, 2.05) is 12.1 Å². The second kappa shape index (κ2) is 10.7. The maximum Gasteiger partial charge on any atom is 0.231 e. The van der Waals surface area contributed by atoms with Crippen LogP contribution in [0.1, 0.15) is 43.2 Å². The smallest absolute Gasteiger partial charge is 0.231 e. The molecule has 2 heterocycles. The van der Waals surface area contributed by atoms with Gasteiger partial charge in [-0.1, -0.05) is 31.1 Å². The standard InChI is InChI=1S/C25H36N8/c1-18-17-19(7-6-12-33-15-13-32(2)14-16-33)10-11-21(18)29-25-30-23(27)22(26)24(31-25)28-20-8-4-3-5-9-20/h10-11,17,20H,3-5,8-9,12-16,26H2,1-2H3,(H4,27,28,29,30,31). The molecule has 0 amide bonds. The first-order valence-corrected chi connectivity index (χ1v) is 11.9. The van der Waals surface area contributed by atoms with Gasteiger partial charge in [-0.25, -0.2) is 0 Å². The molecule has 1 aliphatic heterocycles. The summed E-state index contributed by atoms with van der Waals surface area (Å²) in [7, 11) is 2.17. The lowest BCUT2D eigenvalue weighted by atomic mass is 9.95. The van der Waals surface area contributed by atoms with Gasteiger partial charge in [-0.3, -0.25) is 4.90 Å². The second-order valence-electron chi connectivity index (χ2n) is 9.21. The van der Waals surface area contributed by atoms with Crippen LogP contribution in [-0.2, 0) is 0 Å². The maximum atomic E-state index is 6.16. The Labute approximate surface area is 197 Å². The summed E-state index contributed by atoms with van der Waals surface area (Å²) in [6, 6.07) is 6.50. The van der Waals surface area contributed by atoms with Crippen molar-refractivity contribution in [2.75, 3.05) is 61.9 Å². The van der Waals surface area contributed by atoms with Crippen LogP contribution in [0, 0.1) is 18.8 Å². The molecule has 1 aliphatic carbocycles. The van der Waals surface area contributed by atoms with Gasteiger partial charge >= 0.3 is 0 Å². The molecule has 6 N–H and O–H groups in total. The fraction of sp³-hybridized carbons (Fsp3) is 0.520. The van der Waals surface area contributed by atoms with Crippen LogP contribution in [0.3, 0.4) is 0 Å². The van der Waals surface area contributed by atoms with Crippen LogP contribution >= 0.6 is 0 Å². The predicted octanol–water partition coefficient (Wildman–Crippen LogP) is 3.04. The van der Waals surface area contributed by atoms with Crippen LogP contribution in [0.5, 0.6) is 0 Å². The van der Waals surface area contributed by atoms with Crippen molar-refractivity contribution < 1.29 is 0 Å². The SMILES string of the molecule is Cc1cc(C#CCN2CCN(C)CC2)ccc1Nc1nc(N)c(N)c(NC2CCCCC2)n1. The van der Waals surface area contributed by atoms with E-state index in [1.54, 1.807) is 0 Å². The normalized spacial score (nSPS) is 17.9. The number of nitrogens with two attached hydrogens (primary N) is 2. The van der Waals surface area contributed by atoms with Gasteiger partial charge in [0.05, 0.1) is 6.54 Å². The van der Waals surface area contributed by atoms with E-state index in [4.69, 9.17) is 11.5 Å². The van der Waals surface area contributed by atoms with Crippen molar-refractivity contribution in [1.82, 2.24) is 19.8 Å². The molecule has 2 aromatic rings. The van der Waals surface area contributed by atoms with E-state index >= 15 is 0 Å². The number of aromatic nitrogens is 2. The molecule has 2 fully saturated rings. The Hall–Kier alpha value is -3.02. The number of nitrogens with zero attached hydrogens (tertiary/aromatic N) is 4. The zero-order chi connectivity index (χ0) is 23.2. The first-order chi connectivity index (χ1) is 16.0. The number of hydrogen-bond donors (Lipinski definition) is 4. The molecule has 0 spiro atoms. The average Bonchev–Trinajstić information content (AvgIpc) is 2.81. The van der Waals surface area contributed by atoms with Gasteiger partial charge in [-0.05, 0) is 50.6 Å². The Balaban J connectivity index is 1.41. The zero-order valence-electron chi connectivity index (χ0n) is 19.8. The Morgan fingerprint density at radius 2 is 1.82 bits per heavy atom. The highest BCUT2D eigenvalue weighted by atomic mass is 15.2. The van der Waals surface area contributed by atoms with Gasteiger partial charge in [0, 0.05) is 43.5 Å². The summed E-state index contributed by atoms with van der Waals surface area (Å²) in [5.41, 5.74) is 15.7. The molecule has 0 bridgehead atoms. The van der Waals surface area contributed by atoms with E-state index < -0.39 is 0 Å². The largest absolute Gasteiger partial charge is 0.393 e. The molecule has 0 radical (unpaired) electrons. The van der Waals surface area contributed by atoms with Crippen LogP contribution in [-0.4, -0.2) is 65.6 Å². The minimum absolute atomic E-state index is 0.287. The lowest BCUT2D eigenvalue weighted by molar-refractivity contribution is 0.168. The summed E-state index contributed by atoms with van der Waals surface area (Å²) >= 11 is 0. The lowest BCUT2D eigenvalue weighted by Crippen LogP contribution is -2.44. The van der Waals surface area contributed by atoms with E-state index in [-0.39, 0.29) is 5.82 Å². The third kappa shape index (κ3) is 6.28. The predicted molar refractivity (Wildman–Crippen MR) is 137 cm³/mol. The molecule has 0 unspecified atom stereocenters. The van der Waals surface area contributed by atoms with Gasteiger partial charge in [0.15, 0.2) is 11.6 Å². The Morgan fingerprint density at radius 3 is 2.55 bits per heavy atom. The molecule has 4 rings (SSSR count). The highest BCUT2D eigenvalue weighted by Crippen LogP contribution is 2.29. The molecule has 8 heteroatoms. The van der Waals surface area contributed by atoms with Crippen LogP contribution in [0.4, 0.5) is 29.0 Å². The monoisotopic (exact) mass is 448 g/mol. The van der Waals surface area contributed by atoms with E-state index in [1.165, 1.54) is 19.3 Å². The summed E-state index contributed by atoms with van der Waals surface area (Å²) in [4.78, 5) is 13.7. The maximum absolute atomic E-state index is 6.16. The van der Waals surface area contributed by atoms with Crippen LogP contribution in [0.2, 0.25) is 0 Å². The van der Waals surface area contributed by atoms with Gasteiger partial charge in [0.1, 0.15) is 5.69 Å². The van der Waals surface area contributed by atoms with Crippen LogP contribution in [0.15, 0.2) is 18.2 Å². The van der Waals surface area contributed by atoms with Gasteiger partial charge in [0.2, 0.25) is 5.95 Å². The summed E-state index contributed by atoms with van der Waals surface area (Å²) < 4.78 is 0. The van der Waals surface area contributed by atoms with Crippen molar-refractivity contribution >= 4 is 29.0 Å². The molecule has 33 heavy (non-hydrogen) atoms. The molecule has 0 atom stereocenters. The zero-order valence-corrected chi connectivity index (χ0v) is 19.8. The van der Waals surface area contributed by atoms with Gasteiger partial charge in [-0.15, -0.1) is 0 Å². The molecular weight excluding hydrogens is 412 g/mol. The third-order valence-electron chi connectivity index (χ3n) is 6.53. The number of nitrogen functional groups attached to an aromatic ring is 2. The quantitative estimate of drug-likeness (QED) is 0.517. The van der Waals surface area contributed by atoms with Crippen molar-refractivity contribution in [2.24, 2.45) is 0 Å². The number of rotatable bonds is 5. The van der Waals surface area contributed by atoms with Crippen molar-refractivity contribution in [2.45, 2.75) is 45.1 Å². The number of nitrogens with one attached hydrogen (secondary N) is 2. The Bertz CT molecular complexity index is 1010.